The standard InChI is InChI=1S/C29H33N3O7S/c1-4-38-22-8-6-5-7-21(22)30-26(33)18-39-23-10-9-20(15-24(23)37-3)16-25-28(35)32(29(36)40-25)17-27(34)31-13-11-19(2)12-14-31/h5-10,15-16,19H,4,11-14,17-18H2,1-3H3,(H,30,33)/b25-16+. The van der Waals surface area contributed by atoms with E-state index in [1.54, 1.807) is 47.4 Å². The van der Waals surface area contributed by atoms with Gasteiger partial charge in [0.2, 0.25) is 5.91 Å². The van der Waals surface area contributed by atoms with Crippen molar-refractivity contribution in [3.63, 3.8) is 0 Å². The summed E-state index contributed by atoms with van der Waals surface area (Å²) in [5.74, 6) is 0.725. The number of thioether (sulfide) groups is 1. The molecule has 0 unspecified atom stereocenters. The zero-order valence-electron chi connectivity index (χ0n) is 22.8. The summed E-state index contributed by atoms with van der Waals surface area (Å²) in [6, 6.07) is 12.1. The van der Waals surface area contributed by atoms with Crippen LogP contribution in [0.3, 0.4) is 0 Å². The Balaban J connectivity index is 1.37. The lowest BCUT2D eigenvalue weighted by molar-refractivity contribution is -0.136. The molecule has 2 aromatic rings. The third-order valence-corrected chi connectivity index (χ3v) is 7.52. The number of hydrogen-bond donors (Lipinski definition) is 1. The van der Waals surface area contributed by atoms with Gasteiger partial charge in [-0.15, -0.1) is 0 Å². The van der Waals surface area contributed by atoms with E-state index in [1.807, 2.05) is 13.0 Å². The molecule has 212 valence electrons. The number of carbonyl (C=O) groups excluding carboxylic acids is 4. The number of ether oxygens (including phenoxy) is 3. The highest BCUT2D eigenvalue weighted by atomic mass is 32.2. The molecule has 0 aromatic heterocycles. The Kier molecular flexibility index (Phi) is 9.70. The molecule has 0 atom stereocenters. The van der Waals surface area contributed by atoms with Gasteiger partial charge < -0.3 is 24.4 Å². The van der Waals surface area contributed by atoms with Gasteiger partial charge in [0, 0.05) is 13.1 Å². The molecule has 0 radical (unpaired) electrons. The molecule has 0 aliphatic carbocycles. The molecular weight excluding hydrogens is 534 g/mol. The van der Waals surface area contributed by atoms with Crippen LogP contribution in [0.25, 0.3) is 6.08 Å². The lowest BCUT2D eigenvalue weighted by Crippen LogP contribution is -2.45. The molecule has 40 heavy (non-hydrogen) atoms. The van der Waals surface area contributed by atoms with E-state index in [0.717, 1.165) is 29.5 Å². The van der Waals surface area contributed by atoms with E-state index in [2.05, 4.69) is 12.2 Å². The largest absolute Gasteiger partial charge is 0.493 e. The van der Waals surface area contributed by atoms with Crippen molar-refractivity contribution in [1.82, 2.24) is 9.80 Å². The zero-order valence-corrected chi connectivity index (χ0v) is 23.6. The monoisotopic (exact) mass is 567 g/mol. The predicted molar refractivity (Wildman–Crippen MR) is 152 cm³/mol. The Morgan fingerprint density at radius 2 is 1.80 bits per heavy atom. The summed E-state index contributed by atoms with van der Waals surface area (Å²) in [5.41, 5.74) is 1.14. The number of para-hydroxylation sites is 2. The Hall–Kier alpha value is -3.99. The summed E-state index contributed by atoms with van der Waals surface area (Å²) in [4.78, 5) is 53.6. The van der Waals surface area contributed by atoms with E-state index >= 15 is 0 Å². The Morgan fingerprint density at radius 1 is 1.05 bits per heavy atom. The van der Waals surface area contributed by atoms with Gasteiger partial charge in [-0.3, -0.25) is 24.1 Å². The topological polar surface area (TPSA) is 114 Å². The van der Waals surface area contributed by atoms with E-state index in [4.69, 9.17) is 14.2 Å². The van der Waals surface area contributed by atoms with Crippen LogP contribution < -0.4 is 19.5 Å². The second kappa shape index (κ2) is 13.4. The van der Waals surface area contributed by atoms with E-state index < -0.39 is 11.1 Å². The number of piperidine rings is 1. The molecule has 2 aliphatic heterocycles. The molecule has 0 saturated carbocycles. The van der Waals surface area contributed by atoms with Crippen LogP contribution in [0.2, 0.25) is 0 Å². The van der Waals surface area contributed by atoms with Gasteiger partial charge in [0.05, 0.1) is 24.3 Å². The van der Waals surface area contributed by atoms with Gasteiger partial charge in [0.15, 0.2) is 18.1 Å². The molecular formula is C29H33N3O7S. The minimum absolute atomic E-state index is 0.216. The maximum Gasteiger partial charge on any atom is 0.294 e. The minimum Gasteiger partial charge on any atom is -0.493 e. The summed E-state index contributed by atoms with van der Waals surface area (Å²) in [7, 11) is 1.46. The molecule has 0 bridgehead atoms. The summed E-state index contributed by atoms with van der Waals surface area (Å²) in [6.07, 6.45) is 3.41. The summed E-state index contributed by atoms with van der Waals surface area (Å²) in [5, 5.41) is 2.30. The van der Waals surface area contributed by atoms with Gasteiger partial charge in [-0.05, 0) is 73.4 Å². The molecule has 2 heterocycles. The highest BCUT2D eigenvalue weighted by Crippen LogP contribution is 2.35. The highest BCUT2D eigenvalue weighted by Gasteiger charge is 2.37. The Morgan fingerprint density at radius 3 is 2.52 bits per heavy atom. The third-order valence-electron chi connectivity index (χ3n) is 6.61. The first kappa shape index (κ1) is 29.0. The highest BCUT2D eigenvalue weighted by molar-refractivity contribution is 8.18. The minimum atomic E-state index is -0.503. The molecule has 0 spiro atoms. The van der Waals surface area contributed by atoms with Crippen molar-refractivity contribution in [3.8, 4) is 17.2 Å². The van der Waals surface area contributed by atoms with E-state index in [-0.39, 0.29) is 29.9 Å². The average molecular weight is 568 g/mol. The number of nitrogens with zero attached hydrogens (tertiary/aromatic N) is 2. The van der Waals surface area contributed by atoms with Gasteiger partial charge in [0.25, 0.3) is 17.1 Å². The number of nitrogens with one attached hydrogen (secondary N) is 1. The normalized spacial score (nSPS) is 16.8. The number of benzene rings is 2. The lowest BCUT2D eigenvalue weighted by atomic mass is 9.99. The van der Waals surface area contributed by atoms with E-state index in [9.17, 15) is 19.2 Å². The molecule has 2 aliphatic rings. The van der Waals surface area contributed by atoms with Crippen molar-refractivity contribution in [2.45, 2.75) is 26.7 Å². The van der Waals surface area contributed by atoms with Gasteiger partial charge in [-0.1, -0.05) is 25.1 Å². The summed E-state index contributed by atoms with van der Waals surface area (Å²) < 4.78 is 16.6. The van der Waals surface area contributed by atoms with Crippen LogP contribution in [0.1, 0.15) is 32.3 Å². The van der Waals surface area contributed by atoms with Crippen LogP contribution in [0.4, 0.5) is 10.5 Å². The first-order valence-electron chi connectivity index (χ1n) is 13.1. The lowest BCUT2D eigenvalue weighted by Gasteiger charge is -2.31. The number of hydrogen-bond acceptors (Lipinski definition) is 8. The summed E-state index contributed by atoms with van der Waals surface area (Å²) >= 11 is 0.795. The fourth-order valence-electron chi connectivity index (χ4n) is 4.35. The third kappa shape index (κ3) is 7.15. The number of anilines is 1. The quantitative estimate of drug-likeness (QED) is 0.420. The summed E-state index contributed by atoms with van der Waals surface area (Å²) in [6.45, 7) is 5.24. The maximum absolute atomic E-state index is 12.9. The van der Waals surface area contributed by atoms with E-state index in [1.165, 1.54) is 7.11 Å². The van der Waals surface area contributed by atoms with Crippen LogP contribution >= 0.6 is 11.8 Å². The Labute approximate surface area is 237 Å². The zero-order chi connectivity index (χ0) is 28.6. The molecule has 4 amide bonds. The van der Waals surface area contributed by atoms with Gasteiger partial charge >= 0.3 is 0 Å². The van der Waals surface area contributed by atoms with Gasteiger partial charge in [0.1, 0.15) is 12.3 Å². The second-order valence-electron chi connectivity index (χ2n) is 9.51. The van der Waals surface area contributed by atoms with Crippen molar-refractivity contribution in [3.05, 3.63) is 52.9 Å². The predicted octanol–water partition coefficient (Wildman–Crippen LogP) is 4.41. The van der Waals surface area contributed by atoms with Crippen molar-refractivity contribution < 1.29 is 33.4 Å². The Bertz CT molecular complexity index is 1300. The molecule has 2 fully saturated rings. The first-order chi connectivity index (χ1) is 19.3. The van der Waals surface area contributed by atoms with Crippen molar-refractivity contribution >= 4 is 46.5 Å². The molecule has 2 aromatic carbocycles. The van der Waals surface area contributed by atoms with Crippen LogP contribution in [0.15, 0.2) is 47.4 Å². The van der Waals surface area contributed by atoms with Crippen LogP contribution in [0.5, 0.6) is 17.2 Å². The fraction of sp³-hybridized carbons (Fsp3) is 0.379. The molecule has 11 heteroatoms. The van der Waals surface area contributed by atoms with Crippen LogP contribution in [-0.4, -0.2) is 72.7 Å². The number of rotatable bonds is 10. The van der Waals surface area contributed by atoms with Crippen LogP contribution in [0, 0.1) is 5.92 Å². The first-order valence-corrected chi connectivity index (χ1v) is 14.0. The number of imide groups is 1. The number of methoxy groups -OCH3 is 1. The smallest absolute Gasteiger partial charge is 0.294 e. The van der Waals surface area contributed by atoms with Crippen molar-refractivity contribution in [2.75, 3.05) is 45.3 Å². The van der Waals surface area contributed by atoms with Gasteiger partial charge in [-0.25, -0.2) is 0 Å². The molecule has 2 saturated heterocycles. The average Bonchev–Trinajstić information content (AvgIpc) is 3.20. The molecule has 1 N–H and O–H groups in total. The molecule has 4 rings (SSSR count). The van der Waals surface area contributed by atoms with Crippen molar-refractivity contribution in [1.29, 1.82) is 0 Å². The molecule has 10 nitrogen and oxygen atoms in total. The second-order valence-corrected chi connectivity index (χ2v) is 10.5. The number of carbonyl (C=O) groups is 4. The maximum atomic E-state index is 12.9. The van der Waals surface area contributed by atoms with Crippen molar-refractivity contribution in [2.24, 2.45) is 5.92 Å². The SMILES string of the molecule is CCOc1ccccc1NC(=O)COc1ccc(/C=C2/SC(=O)N(CC(=O)N3CCC(C)CC3)C2=O)cc1OC. The van der Waals surface area contributed by atoms with Gasteiger partial charge in [-0.2, -0.15) is 0 Å². The fourth-order valence-corrected chi connectivity index (χ4v) is 5.19. The van der Waals surface area contributed by atoms with E-state index in [0.29, 0.717) is 54.1 Å². The van der Waals surface area contributed by atoms with Crippen LogP contribution in [-0.2, 0) is 14.4 Å². The number of amides is 4. The number of likely N-dealkylation sites (tertiary alicyclic amines) is 1.